The number of carbonyl (C=O) groups excluding carboxylic acids is 9. The molecule has 0 radical (unpaired) electrons. The Hall–Kier alpha value is -7.76. The number of nitrogens with zero attached hydrogens (tertiary/aromatic N) is 5. The number of fused-ring (bicyclic) bond motifs is 5. The molecule has 30 heteroatoms. The van der Waals surface area contributed by atoms with Gasteiger partial charge in [-0.3, -0.25) is 43.2 Å². The summed E-state index contributed by atoms with van der Waals surface area (Å²) in [7, 11) is 5.68. The highest BCUT2D eigenvalue weighted by atomic mass is 32.5. The number of hydrogen-bond donors (Lipinski definition) is 7. The van der Waals surface area contributed by atoms with Crippen molar-refractivity contribution in [2.24, 2.45) is 0 Å². The van der Waals surface area contributed by atoms with Gasteiger partial charge in [0.1, 0.15) is 56.6 Å². The van der Waals surface area contributed by atoms with E-state index in [4.69, 9.17) is 23.5 Å². The average Bonchev–Trinajstić information content (AvgIpc) is 1.76. The van der Waals surface area contributed by atoms with Crippen LogP contribution in [0.5, 0.6) is 5.75 Å². The Kier molecular flexibility index (Phi) is 36.7. The van der Waals surface area contributed by atoms with Crippen LogP contribution in [0.3, 0.4) is 0 Å². The molecule has 0 saturated heterocycles. The van der Waals surface area contributed by atoms with E-state index in [1.807, 2.05) is 55.5 Å². The number of amides is 9. The van der Waals surface area contributed by atoms with Gasteiger partial charge in [-0.25, -0.2) is 0 Å². The van der Waals surface area contributed by atoms with Crippen LogP contribution < -0.4 is 46.4 Å². The summed E-state index contributed by atoms with van der Waals surface area (Å²) in [4.78, 5) is 133. The zero-order valence-corrected chi connectivity index (χ0v) is 56.0. The third kappa shape index (κ3) is 29.0. The lowest BCUT2D eigenvalue weighted by Gasteiger charge is -2.28. The molecule has 9 amide bonds. The topological polar surface area (TPSA) is 356 Å². The first-order valence-electron chi connectivity index (χ1n) is 31.2. The van der Waals surface area contributed by atoms with E-state index in [1.54, 1.807) is 4.90 Å². The lowest BCUT2D eigenvalue weighted by molar-refractivity contribution is -0.204. The van der Waals surface area contributed by atoms with Crippen molar-refractivity contribution in [2.45, 2.75) is 97.4 Å². The summed E-state index contributed by atoms with van der Waals surface area (Å²) in [6.45, 7) is 1.45. The zero-order valence-electron chi connectivity index (χ0n) is 54.3. The van der Waals surface area contributed by atoms with Gasteiger partial charge in [-0.05, 0) is 55.5 Å². The molecule has 1 aliphatic rings. The molecule has 2 heterocycles. The number of para-hydroxylation sites is 1. The maximum absolute atomic E-state index is 14.1. The van der Waals surface area contributed by atoms with Crippen LogP contribution in [0.25, 0.3) is 22.5 Å². The van der Waals surface area contributed by atoms with E-state index < -0.39 is 68.3 Å². The molecule has 512 valence electrons. The first-order valence-corrected chi connectivity index (χ1v) is 33.8. The summed E-state index contributed by atoms with van der Waals surface area (Å²) >= 11 is 4.67. The monoisotopic (exact) mass is 1340 g/mol. The van der Waals surface area contributed by atoms with E-state index in [1.165, 1.54) is 46.6 Å². The van der Waals surface area contributed by atoms with Gasteiger partial charge in [-0.2, -0.15) is 15.4 Å². The molecular formula is C63H92N12O16PS-. The minimum absolute atomic E-state index is 0.0233. The number of unbranched alkanes of at least 4 members (excludes halogenated alkanes) is 6. The van der Waals surface area contributed by atoms with Gasteiger partial charge in [0.15, 0.2) is 0 Å². The maximum atomic E-state index is 14.1. The SMILES string of the molecule is CCCCCCC(=O)NCCOc1cc(C(=O)N(CC(=O)NCCC)CC(=O)NCCOC)cc(C(=O)N(CC(=O)NCCOC)CC(=O)NCCOC)c1.COP([O-])(=S)OCCCCCCNC(=O)CCC(=O)N1Cc2ccccc2-c2n[nH]nc2-c2ccccc21. The van der Waals surface area contributed by atoms with E-state index in [0.29, 0.717) is 44.6 Å². The number of hydrogen-bond acceptors (Lipinski definition) is 19. The Morgan fingerprint density at radius 1 is 0.538 bits per heavy atom. The highest BCUT2D eigenvalue weighted by molar-refractivity contribution is 8.06. The molecule has 28 nitrogen and oxygen atoms in total. The van der Waals surface area contributed by atoms with Crippen LogP contribution in [0.1, 0.15) is 117 Å². The van der Waals surface area contributed by atoms with E-state index >= 15 is 0 Å². The Morgan fingerprint density at radius 3 is 1.58 bits per heavy atom. The third-order valence-electron chi connectivity index (χ3n) is 14.1. The van der Waals surface area contributed by atoms with Crippen LogP contribution in [0.15, 0.2) is 66.7 Å². The van der Waals surface area contributed by atoms with Crippen molar-refractivity contribution < 1.29 is 76.0 Å². The summed E-state index contributed by atoms with van der Waals surface area (Å²) in [6.07, 6.45) is 8.26. The molecule has 7 N–H and O–H groups in total. The summed E-state index contributed by atoms with van der Waals surface area (Å²) < 4.78 is 30.5. The van der Waals surface area contributed by atoms with Gasteiger partial charge in [-0.1, -0.05) is 100 Å². The van der Waals surface area contributed by atoms with Crippen LogP contribution in [0.2, 0.25) is 0 Å². The molecule has 5 rings (SSSR count). The highest BCUT2D eigenvalue weighted by Crippen LogP contribution is 2.40. The number of aromatic amines is 1. The Morgan fingerprint density at radius 2 is 1.02 bits per heavy atom. The number of H-pyrrole nitrogens is 1. The van der Waals surface area contributed by atoms with Crippen molar-refractivity contribution in [1.29, 1.82) is 0 Å². The van der Waals surface area contributed by atoms with E-state index in [-0.39, 0.29) is 107 Å². The summed E-state index contributed by atoms with van der Waals surface area (Å²) in [5.41, 5.74) is 4.64. The summed E-state index contributed by atoms with van der Waals surface area (Å²) in [5.74, 6) is -4.10. The fourth-order valence-electron chi connectivity index (χ4n) is 9.28. The Balaban J connectivity index is 0.000000421. The van der Waals surface area contributed by atoms with Gasteiger partial charge in [-0.15, -0.1) is 0 Å². The van der Waals surface area contributed by atoms with Gasteiger partial charge >= 0.3 is 0 Å². The number of benzene rings is 3. The quantitative estimate of drug-likeness (QED) is 0.0246. The second kappa shape index (κ2) is 44.0. The lowest BCUT2D eigenvalue weighted by atomic mass is 9.95. The Labute approximate surface area is 549 Å². The zero-order chi connectivity index (χ0) is 67.8. The van der Waals surface area contributed by atoms with Crippen molar-refractivity contribution in [1.82, 2.24) is 57.1 Å². The molecule has 0 aliphatic carbocycles. The summed E-state index contributed by atoms with van der Waals surface area (Å²) in [6, 6.07) is 19.4. The van der Waals surface area contributed by atoms with Gasteiger partial charge in [0, 0.05) is 103 Å². The van der Waals surface area contributed by atoms with Gasteiger partial charge in [0.25, 0.3) is 11.8 Å². The minimum Gasteiger partial charge on any atom is -0.780 e. The first-order chi connectivity index (χ1) is 44.9. The second-order valence-corrected chi connectivity index (χ2v) is 24.2. The molecule has 1 aromatic heterocycles. The van der Waals surface area contributed by atoms with Crippen LogP contribution >= 0.6 is 6.72 Å². The molecular weight excluding hydrogens is 1240 g/mol. The average molecular weight is 1340 g/mol. The third-order valence-corrected chi connectivity index (χ3v) is 15.8. The molecule has 1 aliphatic heterocycles. The predicted molar refractivity (Wildman–Crippen MR) is 350 cm³/mol. The van der Waals surface area contributed by atoms with Crippen molar-refractivity contribution in [2.75, 3.05) is 132 Å². The molecule has 0 bridgehead atoms. The molecule has 0 spiro atoms. The van der Waals surface area contributed by atoms with Crippen LogP contribution in [0, 0.1) is 0 Å². The van der Waals surface area contributed by atoms with Crippen LogP contribution in [-0.4, -0.2) is 205 Å². The van der Waals surface area contributed by atoms with Crippen LogP contribution in [-0.2, 0) is 75.2 Å². The van der Waals surface area contributed by atoms with Gasteiger partial charge < -0.3 is 79.5 Å². The standard InChI is InChI=1S/C37H61N7O11.C26H32N5O5PS/c1-6-8-9-10-11-31(45)39-16-20-55-30-22-28(36(50)43(24-32(46)38-12-7-2)25-33(47)40-13-17-52-3)21-29(23-30)37(51)44(26-34(48)41-14-18-53-4)27-35(49)42-15-19-54-5;1-35-37(34,38)36-17-9-3-2-8-16-27-23(32)14-15-24(33)31-18-19-10-4-5-11-20(19)25-26(29-30-28-25)21-12-6-7-13-22(21)31/h21-23H,6-20,24-27H2,1-5H3,(H,38,46)(H,39,45)(H,40,47)(H,41,48)(H,42,49);4-7,10-13H,2-3,8-9,14-18H2,1H3,(H,27,32)(H,34,38)(H,28,29,30)/p-1. The number of aromatic nitrogens is 3. The van der Waals surface area contributed by atoms with E-state index in [9.17, 15) is 48.0 Å². The number of anilines is 1. The minimum atomic E-state index is -3.34. The van der Waals surface area contributed by atoms with E-state index in [2.05, 4.69) is 70.6 Å². The summed E-state index contributed by atoms with van der Waals surface area (Å²) in [5, 5.41) is 27.7. The molecule has 1 unspecified atom stereocenters. The second-order valence-electron chi connectivity index (χ2n) is 21.4. The lowest BCUT2D eigenvalue weighted by Crippen LogP contribution is -2.47. The number of nitrogens with one attached hydrogen (secondary N) is 7. The van der Waals surface area contributed by atoms with E-state index in [0.717, 1.165) is 82.8 Å². The molecule has 0 saturated carbocycles. The largest absolute Gasteiger partial charge is 0.780 e. The Bertz CT molecular complexity index is 3060. The number of rotatable bonds is 42. The molecule has 3 aromatic carbocycles. The number of ether oxygens (including phenoxy) is 4. The first kappa shape index (κ1) is 77.7. The molecule has 1 atom stereocenters. The van der Waals surface area contributed by atoms with Crippen LogP contribution in [0.4, 0.5) is 5.69 Å². The van der Waals surface area contributed by atoms with Gasteiger partial charge in [0.05, 0.1) is 45.2 Å². The van der Waals surface area contributed by atoms with Crippen molar-refractivity contribution in [3.63, 3.8) is 0 Å². The normalized spacial score (nSPS) is 11.9. The smallest absolute Gasteiger partial charge is 0.254 e. The molecule has 0 fully saturated rings. The number of carbonyl (C=O) groups is 9. The van der Waals surface area contributed by atoms with Crippen molar-refractivity contribution in [3.8, 4) is 28.3 Å². The fraction of sp³-hybridized carbons (Fsp3) is 0.540. The van der Waals surface area contributed by atoms with Gasteiger partial charge in [0.2, 0.25) is 41.4 Å². The molecule has 93 heavy (non-hydrogen) atoms. The maximum Gasteiger partial charge on any atom is 0.254 e. The number of methoxy groups -OCH3 is 3. The van der Waals surface area contributed by atoms with Crippen molar-refractivity contribution in [3.05, 3.63) is 83.4 Å². The predicted octanol–water partition coefficient (Wildman–Crippen LogP) is 3.54. The molecule has 4 aromatic rings. The fourth-order valence-corrected chi connectivity index (χ4v) is 9.96. The van der Waals surface area contributed by atoms with Crippen molar-refractivity contribution >= 4 is 77.4 Å². The highest BCUT2D eigenvalue weighted by Gasteiger charge is 2.30.